The molecular formula is C27H25N5OS. The number of aromatic hydroxyl groups is 1. The van der Waals surface area contributed by atoms with Gasteiger partial charge in [0.2, 0.25) is 5.88 Å². The second-order valence-electron chi connectivity index (χ2n) is 7.67. The number of nitrogens with one attached hydrogen (secondary N) is 1. The summed E-state index contributed by atoms with van der Waals surface area (Å²) in [6.07, 6.45) is 1.68. The highest BCUT2D eigenvalue weighted by Crippen LogP contribution is 2.28. The summed E-state index contributed by atoms with van der Waals surface area (Å²) < 4.78 is 1.77. The molecule has 7 heteroatoms. The zero-order valence-electron chi connectivity index (χ0n) is 19.1. The third-order valence-corrected chi connectivity index (χ3v) is 6.24. The number of rotatable bonds is 7. The lowest BCUT2D eigenvalue weighted by atomic mass is 10.2. The molecule has 2 N–H and O–H groups in total. The fourth-order valence-electron chi connectivity index (χ4n) is 3.47. The van der Waals surface area contributed by atoms with E-state index in [1.165, 1.54) is 11.3 Å². The van der Waals surface area contributed by atoms with Gasteiger partial charge in [-0.05, 0) is 49.2 Å². The highest BCUT2D eigenvalue weighted by Gasteiger charge is 2.13. The van der Waals surface area contributed by atoms with Gasteiger partial charge in [0, 0.05) is 6.54 Å². The van der Waals surface area contributed by atoms with Crippen LogP contribution in [0.15, 0.2) is 82.8 Å². The van der Waals surface area contributed by atoms with E-state index in [2.05, 4.69) is 16.4 Å². The van der Waals surface area contributed by atoms with Crippen LogP contribution >= 0.6 is 11.3 Å². The number of benzene rings is 3. The molecule has 0 saturated carbocycles. The van der Waals surface area contributed by atoms with Crippen molar-refractivity contribution >= 4 is 34.6 Å². The maximum Gasteiger partial charge on any atom is 0.213 e. The van der Waals surface area contributed by atoms with Gasteiger partial charge in [0.25, 0.3) is 0 Å². The van der Waals surface area contributed by atoms with Crippen LogP contribution in [-0.4, -0.2) is 22.4 Å². The molecule has 0 fully saturated rings. The van der Waals surface area contributed by atoms with Crippen LogP contribution in [0, 0.1) is 18.3 Å². The Morgan fingerprint density at radius 3 is 2.56 bits per heavy atom. The van der Waals surface area contributed by atoms with E-state index < -0.39 is 0 Å². The Bertz CT molecular complexity index is 1430. The average Bonchev–Trinajstić information content (AvgIpc) is 3.14. The molecule has 34 heavy (non-hydrogen) atoms. The topological polar surface area (TPSA) is 85.7 Å². The Hall–Kier alpha value is -4.15. The van der Waals surface area contributed by atoms with Crippen molar-refractivity contribution < 1.29 is 5.11 Å². The molecule has 170 valence electrons. The Morgan fingerprint density at radius 2 is 1.82 bits per heavy atom. The molecule has 6 nitrogen and oxygen atoms in total. The van der Waals surface area contributed by atoms with Crippen LogP contribution in [0.3, 0.4) is 0 Å². The van der Waals surface area contributed by atoms with Gasteiger partial charge in [-0.1, -0.05) is 59.9 Å². The zero-order valence-corrected chi connectivity index (χ0v) is 19.9. The fraction of sp³-hybridized carbons (Fsp3) is 0.148. The molecule has 0 spiro atoms. The van der Waals surface area contributed by atoms with Crippen LogP contribution in [0.1, 0.15) is 28.5 Å². The summed E-state index contributed by atoms with van der Waals surface area (Å²) in [6, 6.07) is 25.3. The van der Waals surface area contributed by atoms with Crippen LogP contribution in [0.2, 0.25) is 0 Å². The first-order chi connectivity index (χ1) is 16.6. The summed E-state index contributed by atoms with van der Waals surface area (Å²) in [5.74, 6) is 0.103. The number of nitrogens with zero attached hydrogens (tertiary/aromatic N) is 4. The normalized spacial score (nSPS) is 11.6. The van der Waals surface area contributed by atoms with Crippen LogP contribution < -0.4 is 10.1 Å². The summed E-state index contributed by atoms with van der Waals surface area (Å²) in [5.41, 5.74) is 4.94. The molecule has 0 aliphatic heterocycles. The molecule has 0 atom stereocenters. The predicted molar refractivity (Wildman–Crippen MR) is 138 cm³/mol. The Morgan fingerprint density at radius 1 is 1.06 bits per heavy atom. The minimum absolute atomic E-state index is 0.103. The molecule has 1 heterocycles. The van der Waals surface area contributed by atoms with Gasteiger partial charge in [0.05, 0.1) is 41.5 Å². The lowest BCUT2D eigenvalue weighted by molar-refractivity contribution is 0.420. The molecule has 3 aromatic carbocycles. The van der Waals surface area contributed by atoms with Gasteiger partial charge in [-0.25, -0.2) is 4.99 Å². The van der Waals surface area contributed by atoms with Crippen LogP contribution in [0.25, 0.3) is 0 Å². The van der Waals surface area contributed by atoms with Crippen molar-refractivity contribution in [3.05, 3.63) is 99.2 Å². The summed E-state index contributed by atoms with van der Waals surface area (Å²) >= 11 is 1.35. The maximum absolute atomic E-state index is 11.1. The van der Waals surface area contributed by atoms with Crippen LogP contribution in [0.4, 0.5) is 17.1 Å². The van der Waals surface area contributed by atoms with Crippen LogP contribution in [-0.2, 0) is 6.54 Å². The van der Waals surface area contributed by atoms with Gasteiger partial charge in [0.15, 0.2) is 4.80 Å². The summed E-state index contributed by atoms with van der Waals surface area (Å²) in [7, 11) is 0. The summed E-state index contributed by atoms with van der Waals surface area (Å²) in [4.78, 5) is 10.7. The maximum atomic E-state index is 11.1. The minimum Gasteiger partial charge on any atom is -0.493 e. The van der Waals surface area contributed by atoms with Gasteiger partial charge in [-0.3, -0.25) is 9.56 Å². The van der Waals surface area contributed by atoms with E-state index in [1.807, 2.05) is 74.5 Å². The zero-order chi connectivity index (χ0) is 23.9. The van der Waals surface area contributed by atoms with Gasteiger partial charge in [-0.2, -0.15) is 5.26 Å². The van der Waals surface area contributed by atoms with Crippen molar-refractivity contribution in [2.75, 3.05) is 11.9 Å². The Balaban J connectivity index is 1.85. The molecule has 4 rings (SSSR count). The van der Waals surface area contributed by atoms with Crippen molar-refractivity contribution in [2.45, 2.75) is 20.4 Å². The number of thiazole rings is 1. The van der Waals surface area contributed by atoms with E-state index >= 15 is 0 Å². The second-order valence-corrected chi connectivity index (χ2v) is 8.68. The molecule has 0 radical (unpaired) electrons. The number of aliphatic imine (C=N–C) groups is 1. The Labute approximate surface area is 202 Å². The average molecular weight is 468 g/mol. The standard InChI is InChI=1S/C27H25N5OS/c1-3-29-23-14-13-21(16-28)15-24(23)31-27-32(18-20-10-5-4-6-11-20)26(33)25(34-27)17-30-22-12-8-7-9-19(22)2/h4-15,17,29,33H,3,18H2,1-2H3. The molecule has 0 bridgehead atoms. The number of hydrogen-bond acceptors (Lipinski definition) is 6. The van der Waals surface area contributed by atoms with Gasteiger partial charge >= 0.3 is 0 Å². The number of aryl methyl sites for hydroxylation is 1. The van der Waals surface area contributed by atoms with Gasteiger partial charge in [0.1, 0.15) is 4.88 Å². The van der Waals surface area contributed by atoms with E-state index in [-0.39, 0.29) is 5.88 Å². The lowest BCUT2D eigenvalue weighted by Gasteiger charge is -2.08. The number of para-hydroxylation sites is 1. The highest BCUT2D eigenvalue weighted by molar-refractivity contribution is 7.11. The van der Waals surface area contributed by atoms with E-state index in [4.69, 9.17) is 4.99 Å². The fourth-order valence-corrected chi connectivity index (χ4v) is 4.38. The summed E-state index contributed by atoms with van der Waals surface area (Å²) in [6.45, 7) is 5.19. The first-order valence-electron chi connectivity index (χ1n) is 11.0. The van der Waals surface area contributed by atoms with Gasteiger partial charge in [-0.15, -0.1) is 0 Å². The SMILES string of the molecule is CCNc1ccc(C#N)cc1N=c1sc(C=Nc2ccccc2C)c(O)n1Cc1ccccc1. The highest BCUT2D eigenvalue weighted by atomic mass is 32.1. The van der Waals surface area contributed by atoms with E-state index in [1.54, 1.807) is 22.9 Å². The van der Waals surface area contributed by atoms with Crippen molar-refractivity contribution in [1.29, 1.82) is 5.26 Å². The first kappa shape index (κ1) is 23.0. The van der Waals surface area contributed by atoms with Crippen molar-refractivity contribution in [3.63, 3.8) is 0 Å². The lowest BCUT2D eigenvalue weighted by Crippen LogP contribution is -2.15. The van der Waals surface area contributed by atoms with Crippen molar-refractivity contribution in [1.82, 2.24) is 4.57 Å². The molecule has 0 unspecified atom stereocenters. The van der Waals surface area contributed by atoms with Crippen LogP contribution in [0.5, 0.6) is 5.88 Å². The monoisotopic (exact) mass is 467 g/mol. The molecule has 0 saturated heterocycles. The largest absolute Gasteiger partial charge is 0.493 e. The predicted octanol–water partition coefficient (Wildman–Crippen LogP) is 5.90. The quantitative estimate of drug-likeness (QED) is 0.332. The molecular weight excluding hydrogens is 442 g/mol. The van der Waals surface area contributed by atoms with E-state index in [9.17, 15) is 10.4 Å². The van der Waals surface area contributed by atoms with Crippen molar-refractivity contribution in [2.24, 2.45) is 9.98 Å². The number of nitriles is 1. The summed E-state index contributed by atoms with van der Waals surface area (Å²) in [5, 5.41) is 23.8. The minimum atomic E-state index is 0.103. The number of hydrogen-bond donors (Lipinski definition) is 2. The second kappa shape index (κ2) is 10.6. The van der Waals surface area contributed by atoms with E-state index in [0.717, 1.165) is 29.0 Å². The smallest absolute Gasteiger partial charge is 0.213 e. The molecule has 0 amide bonds. The molecule has 1 aromatic heterocycles. The third kappa shape index (κ3) is 5.25. The van der Waals surface area contributed by atoms with Gasteiger partial charge < -0.3 is 10.4 Å². The van der Waals surface area contributed by atoms with E-state index in [0.29, 0.717) is 27.5 Å². The first-order valence-corrected chi connectivity index (χ1v) is 11.8. The molecule has 4 aromatic rings. The number of aromatic nitrogens is 1. The third-order valence-electron chi connectivity index (χ3n) is 5.24. The molecule has 0 aliphatic carbocycles. The van der Waals surface area contributed by atoms with Crippen molar-refractivity contribution in [3.8, 4) is 11.9 Å². The Kier molecular flexibility index (Phi) is 7.21. The molecule has 0 aliphatic rings. The number of anilines is 1.